The maximum absolute atomic E-state index is 11.6. The Kier molecular flexibility index (Phi) is 4.77. The van der Waals surface area contributed by atoms with Gasteiger partial charge in [-0.15, -0.1) is 0 Å². The average molecular weight is 207 g/mol. The first-order valence-electron chi connectivity index (χ1n) is 5.08. The standard InChI is InChI=1S/C11H17N3O/c1-9(7-12-2)8-14-11(15)10-5-3-4-6-13-10/h3-6,9,12H,7-8H2,1-2H3,(H,14,15). The van der Waals surface area contributed by atoms with Gasteiger partial charge in [0.2, 0.25) is 0 Å². The summed E-state index contributed by atoms with van der Waals surface area (Å²) in [4.78, 5) is 15.5. The van der Waals surface area contributed by atoms with Crippen LogP contribution >= 0.6 is 0 Å². The molecule has 1 amide bonds. The maximum Gasteiger partial charge on any atom is 0.269 e. The zero-order valence-corrected chi connectivity index (χ0v) is 9.16. The van der Waals surface area contributed by atoms with Gasteiger partial charge in [-0.25, -0.2) is 0 Å². The highest BCUT2D eigenvalue weighted by molar-refractivity contribution is 5.92. The van der Waals surface area contributed by atoms with Crippen molar-refractivity contribution in [2.45, 2.75) is 6.92 Å². The van der Waals surface area contributed by atoms with Gasteiger partial charge >= 0.3 is 0 Å². The van der Waals surface area contributed by atoms with E-state index in [4.69, 9.17) is 0 Å². The fourth-order valence-corrected chi connectivity index (χ4v) is 1.28. The number of hydrogen-bond donors (Lipinski definition) is 2. The second kappa shape index (κ2) is 6.14. The van der Waals surface area contributed by atoms with Crippen LogP contribution in [0.4, 0.5) is 0 Å². The predicted molar refractivity (Wildman–Crippen MR) is 59.7 cm³/mol. The number of aromatic nitrogens is 1. The van der Waals surface area contributed by atoms with Crippen molar-refractivity contribution in [3.8, 4) is 0 Å². The van der Waals surface area contributed by atoms with E-state index >= 15 is 0 Å². The molecule has 0 spiro atoms. The summed E-state index contributed by atoms with van der Waals surface area (Å²) in [5.41, 5.74) is 0.467. The third kappa shape index (κ3) is 4.08. The van der Waals surface area contributed by atoms with Crippen molar-refractivity contribution < 1.29 is 4.79 Å². The molecular formula is C11H17N3O. The van der Waals surface area contributed by atoms with E-state index in [1.807, 2.05) is 7.05 Å². The highest BCUT2D eigenvalue weighted by atomic mass is 16.1. The van der Waals surface area contributed by atoms with Crippen LogP contribution in [-0.4, -0.2) is 31.0 Å². The molecule has 1 heterocycles. The molecule has 0 aliphatic carbocycles. The van der Waals surface area contributed by atoms with Gasteiger partial charge in [-0.1, -0.05) is 13.0 Å². The van der Waals surface area contributed by atoms with Gasteiger partial charge in [0.05, 0.1) is 0 Å². The molecule has 0 saturated carbocycles. The summed E-state index contributed by atoms with van der Waals surface area (Å²) in [5.74, 6) is 0.307. The number of carbonyl (C=O) groups is 1. The summed E-state index contributed by atoms with van der Waals surface area (Å²) in [6, 6.07) is 5.30. The van der Waals surface area contributed by atoms with E-state index in [-0.39, 0.29) is 5.91 Å². The number of rotatable bonds is 5. The molecule has 0 aliphatic heterocycles. The lowest BCUT2D eigenvalue weighted by atomic mass is 10.2. The van der Waals surface area contributed by atoms with E-state index in [0.29, 0.717) is 18.2 Å². The van der Waals surface area contributed by atoms with Crippen LogP contribution in [0.25, 0.3) is 0 Å². The average Bonchev–Trinajstić information content (AvgIpc) is 2.27. The fourth-order valence-electron chi connectivity index (χ4n) is 1.28. The normalized spacial score (nSPS) is 12.1. The van der Waals surface area contributed by atoms with E-state index in [0.717, 1.165) is 6.54 Å². The summed E-state index contributed by atoms with van der Waals surface area (Å²) in [6.07, 6.45) is 1.62. The van der Waals surface area contributed by atoms with Crippen LogP contribution in [0.1, 0.15) is 17.4 Å². The monoisotopic (exact) mass is 207 g/mol. The molecule has 1 rings (SSSR count). The van der Waals surface area contributed by atoms with Gasteiger partial charge in [0.1, 0.15) is 5.69 Å². The molecule has 0 radical (unpaired) electrons. The lowest BCUT2D eigenvalue weighted by molar-refractivity contribution is 0.0943. The van der Waals surface area contributed by atoms with Gasteiger partial charge in [-0.2, -0.15) is 0 Å². The first-order chi connectivity index (χ1) is 7.24. The summed E-state index contributed by atoms with van der Waals surface area (Å²) in [6.45, 7) is 3.63. The summed E-state index contributed by atoms with van der Waals surface area (Å²) < 4.78 is 0. The molecule has 15 heavy (non-hydrogen) atoms. The Hall–Kier alpha value is -1.42. The number of nitrogens with one attached hydrogen (secondary N) is 2. The summed E-state index contributed by atoms with van der Waals surface area (Å²) in [5, 5.41) is 5.91. The van der Waals surface area contributed by atoms with Crippen molar-refractivity contribution in [2.75, 3.05) is 20.1 Å². The highest BCUT2D eigenvalue weighted by Crippen LogP contribution is 1.94. The lowest BCUT2D eigenvalue weighted by Gasteiger charge is -2.11. The molecule has 0 saturated heterocycles. The molecule has 1 aromatic heterocycles. The molecule has 1 atom stereocenters. The van der Waals surface area contributed by atoms with Crippen molar-refractivity contribution >= 4 is 5.91 Å². The molecule has 4 heteroatoms. The fraction of sp³-hybridized carbons (Fsp3) is 0.455. The second-order valence-corrected chi connectivity index (χ2v) is 3.59. The first-order valence-corrected chi connectivity index (χ1v) is 5.08. The van der Waals surface area contributed by atoms with Crippen molar-refractivity contribution in [3.05, 3.63) is 30.1 Å². The topological polar surface area (TPSA) is 54.0 Å². The Labute approximate surface area is 90.1 Å². The minimum absolute atomic E-state index is 0.112. The SMILES string of the molecule is CNCC(C)CNC(=O)c1ccccn1. The van der Waals surface area contributed by atoms with Gasteiger partial charge in [0, 0.05) is 12.7 Å². The van der Waals surface area contributed by atoms with Crippen LogP contribution in [0.5, 0.6) is 0 Å². The molecule has 0 aromatic carbocycles. The van der Waals surface area contributed by atoms with E-state index in [1.165, 1.54) is 0 Å². The molecule has 0 fully saturated rings. The van der Waals surface area contributed by atoms with E-state index in [1.54, 1.807) is 24.4 Å². The molecule has 0 bridgehead atoms. The summed E-state index contributed by atoms with van der Waals surface area (Å²) >= 11 is 0. The van der Waals surface area contributed by atoms with Crippen LogP contribution in [0.3, 0.4) is 0 Å². The molecule has 4 nitrogen and oxygen atoms in total. The Morgan fingerprint density at radius 3 is 2.87 bits per heavy atom. The first kappa shape index (κ1) is 11.7. The minimum atomic E-state index is -0.112. The van der Waals surface area contributed by atoms with E-state index in [9.17, 15) is 4.79 Å². The molecule has 0 aliphatic rings. The zero-order chi connectivity index (χ0) is 11.1. The van der Waals surface area contributed by atoms with Crippen molar-refractivity contribution in [1.82, 2.24) is 15.6 Å². The number of hydrogen-bond acceptors (Lipinski definition) is 3. The number of amides is 1. The summed E-state index contributed by atoms with van der Waals surface area (Å²) in [7, 11) is 1.90. The maximum atomic E-state index is 11.6. The highest BCUT2D eigenvalue weighted by Gasteiger charge is 2.07. The second-order valence-electron chi connectivity index (χ2n) is 3.59. The molecule has 2 N–H and O–H groups in total. The number of carbonyl (C=O) groups excluding carboxylic acids is 1. The smallest absolute Gasteiger partial charge is 0.269 e. The number of pyridine rings is 1. The molecule has 1 aromatic rings. The van der Waals surface area contributed by atoms with Gasteiger partial charge in [-0.3, -0.25) is 9.78 Å². The quantitative estimate of drug-likeness (QED) is 0.746. The van der Waals surface area contributed by atoms with Gasteiger partial charge in [0.15, 0.2) is 0 Å². The third-order valence-electron chi connectivity index (χ3n) is 2.06. The van der Waals surface area contributed by atoms with Crippen LogP contribution in [0, 0.1) is 5.92 Å². The van der Waals surface area contributed by atoms with Crippen molar-refractivity contribution in [2.24, 2.45) is 5.92 Å². The predicted octanol–water partition coefficient (Wildman–Crippen LogP) is 0.667. The van der Waals surface area contributed by atoms with Crippen LogP contribution in [0.2, 0.25) is 0 Å². The number of nitrogens with zero attached hydrogens (tertiary/aromatic N) is 1. The van der Waals surface area contributed by atoms with Crippen LogP contribution in [-0.2, 0) is 0 Å². The van der Waals surface area contributed by atoms with Gasteiger partial charge in [0.25, 0.3) is 5.91 Å². The van der Waals surface area contributed by atoms with E-state index in [2.05, 4.69) is 22.5 Å². The van der Waals surface area contributed by atoms with Crippen LogP contribution < -0.4 is 10.6 Å². The van der Waals surface area contributed by atoms with E-state index < -0.39 is 0 Å². The molecular weight excluding hydrogens is 190 g/mol. The Bertz CT molecular complexity index is 300. The Balaban J connectivity index is 2.37. The van der Waals surface area contributed by atoms with Gasteiger partial charge < -0.3 is 10.6 Å². The van der Waals surface area contributed by atoms with Crippen LogP contribution in [0.15, 0.2) is 24.4 Å². The molecule has 1 unspecified atom stereocenters. The Morgan fingerprint density at radius 1 is 1.47 bits per heavy atom. The largest absolute Gasteiger partial charge is 0.350 e. The minimum Gasteiger partial charge on any atom is -0.350 e. The Morgan fingerprint density at radius 2 is 2.27 bits per heavy atom. The lowest BCUT2D eigenvalue weighted by Crippen LogP contribution is -2.32. The van der Waals surface area contributed by atoms with Gasteiger partial charge in [-0.05, 0) is 31.6 Å². The van der Waals surface area contributed by atoms with Crippen molar-refractivity contribution in [1.29, 1.82) is 0 Å². The molecule has 82 valence electrons. The zero-order valence-electron chi connectivity index (χ0n) is 9.16. The third-order valence-corrected chi connectivity index (χ3v) is 2.06. The van der Waals surface area contributed by atoms with Crippen molar-refractivity contribution in [3.63, 3.8) is 0 Å².